The highest BCUT2D eigenvalue weighted by molar-refractivity contribution is 5.66. The molecule has 2 rings (SSSR count). The fourth-order valence-electron chi connectivity index (χ4n) is 2.25. The molecule has 0 atom stereocenters. The van der Waals surface area contributed by atoms with Gasteiger partial charge in [0.2, 0.25) is 0 Å². The van der Waals surface area contributed by atoms with E-state index >= 15 is 0 Å². The van der Waals surface area contributed by atoms with Gasteiger partial charge < -0.3 is 5.32 Å². The van der Waals surface area contributed by atoms with Crippen LogP contribution in [0.2, 0.25) is 0 Å². The van der Waals surface area contributed by atoms with Crippen molar-refractivity contribution in [3.05, 3.63) is 69.3 Å². The van der Waals surface area contributed by atoms with Crippen molar-refractivity contribution in [1.82, 2.24) is 0 Å². The van der Waals surface area contributed by atoms with Gasteiger partial charge in [0.15, 0.2) is 0 Å². The summed E-state index contributed by atoms with van der Waals surface area (Å²) in [6, 6.07) is 13.4. The first-order chi connectivity index (χ1) is 9.99. The van der Waals surface area contributed by atoms with Crippen LogP contribution in [0.3, 0.4) is 0 Å². The van der Waals surface area contributed by atoms with Gasteiger partial charge in [0.1, 0.15) is 5.69 Å². The first kappa shape index (κ1) is 15.0. The molecule has 21 heavy (non-hydrogen) atoms. The minimum Gasteiger partial charge on any atom is -0.375 e. The second kappa shape index (κ2) is 6.39. The molecule has 0 unspecified atom stereocenters. The van der Waals surface area contributed by atoms with Gasteiger partial charge >= 0.3 is 0 Å². The highest BCUT2D eigenvalue weighted by atomic mass is 16.6. The fraction of sp³-hybridized carbons (Fsp3) is 0.294. The monoisotopic (exact) mass is 284 g/mol. The first-order valence-electron chi connectivity index (χ1n) is 7.05. The normalized spacial score (nSPS) is 10.7. The van der Waals surface area contributed by atoms with Crippen molar-refractivity contribution in [2.45, 2.75) is 33.2 Å². The molecular formula is C17H20N2O2. The van der Waals surface area contributed by atoms with Gasteiger partial charge in [-0.3, -0.25) is 10.1 Å². The van der Waals surface area contributed by atoms with Crippen LogP contribution in [-0.2, 0) is 6.54 Å². The minimum atomic E-state index is -0.350. The molecule has 0 aliphatic carbocycles. The molecule has 2 aromatic rings. The number of nitrogens with zero attached hydrogens (tertiary/aromatic N) is 1. The highest BCUT2D eigenvalue weighted by Gasteiger charge is 2.14. The van der Waals surface area contributed by atoms with Crippen molar-refractivity contribution in [2.24, 2.45) is 0 Å². The molecule has 0 bridgehead atoms. The van der Waals surface area contributed by atoms with Crippen LogP contribution in [0.5, 0.6) is 0 Å². The van der Waals surface area contributed by atoms with Gasteiger partial charge in [0.05, 0.1) is 4.92 Å². The zero-order chi connectivity index (χ0) is 15.4. The lowest BCUT2D eigenvalue weighted by molar-refractivity contribution is -0.384. The van der Waals surface area contributed by atoms with Crippen LogP contribution in [-0.4, -0.2) is 4.92 Å². The summed E-state index contributed by atoms with van der Waals surface area (Å²) in [5, 5.41) is 14.3. The average molecular weight is 284 g/mol. The molecule has 0 radical (unpaired) electrons. The number of hydrogen-bond acceptors (Lipinski definition) is 3. The van der Waals surface area contributed by atoms with Crippen molar-refractivity contribution in [2.75, 3.05) is 5.32 Å². The zero-order valence-electron chi connectivity index (χ0n) is 12.6. The number of anilines is 1. The Hall–Kier alpha value is -2.36. The summed E-state index contributed by atoms with van der Waals surface area (Å²) in [6.07, 6.45) is 0. The second-order valence-corrected chi connectivity index (χ2v) is 5.48. The fourth-order valence-corrected chi connectivity index (χ4v) is 2.25. The summed E-state index contributed by atoms with van der Waals surface area (Å²) in [5.74, 6) is 0.504. The third-order valence-corrected chi connectivity index (χ3v) is 3.56. The molecule has 1 N–H and O–H groups in total. The Morgan fingerprint density at radius 2 is 1.81 bits per heavy atom. The third-order valence-electron chi connectivity index (χ3n) is 3.56. The lowest BCUT2D eigenvalue weighted by atomic mass is 10.0. The Balaban J connectivity index is 2.15. The molecule has 4 heteroatoms. The van der Waals surface area contributed by atoms with Crippen molar-refractivity contribution in [1.29, 1.82) is 0 Å². The third kappa shape index (κ3) is 3.60. The summed E-state index contributed by atoms with van der Waals surface area (Å²) >= 11 is 0. The van der Waals surface area contributed by atoms with E-state index in [1.54, 1.807) is 6.07 Å². The number of hydrogen-bond donors (Lipinski definition) is 1. The maximum atomic E-state index is 11.1. The summed E-state index contributed by atoms with van der Waals surface area (Å²) in [4.78, 5) is 10.7. The van der Waals surface area contributed by atoms with Gasteiger partial charge in [-0.2, -0.15) is 0 Å². The van der Waals surface area contributed by atoms with E-state index in [1.165, 1.54) is 11.6 Å². The Morgan fingerprint density at radius 3 is 2.38 bits per heavy atom. The maximum absolute atomic E-state index is 11.1. The number of benzene rings is 2. The molecule has 0 heterocycles. The van der Waals surface area contributed by atoms with Crippen molar-refractivity contribution < 1.29 is 4.92 Å². The predicted octanol–water partition coefficient (Wildman–Crippen LogP) is 4.64. The second-order valence-electron chi connectivity index (χ2n) is 5.48. The van der Waals surface area contributed by atoms with Gasteiger partial charge in [-0.25, -0.2) is 0 Å². The Kier molecular flexibility index (Phi) is 4.58. The topological polar surface area (TPSA) is 55.2 Å². The number of nitrogens with one attached hydrogen (secondary N) is 1. The molecule has 2 aromatic carbocycles. The molecule has 0 amide bonds. The number of nitro groups is 1. The zero-order valence-corrected chi connectivity index (χ0v) is 12.6. The van der Waals surface area contributed by atoms with E-state index in [-0.39, 0.29) is 10.6 Å². The summed E-state index contributed by atoms with van der Waals surface area (Å²) in [5.41, 5.74) is 3.99. The van der Waals surface area contributed by atoms with E-state index in [4.69, 9.17) is 0 Å². The Bertz CT molecular complexity index is 634. The van der Waals surface area contributed by atoms with Crippen LogP contribution in [0.1, 0.15) is 36.5 Å². The van der Waals surface area contributed by atoms with E-state index in [9.17, 15) is 10.1 Å². The lowest BCUT2D eigenvalue weighted by Crippen LogP contribution is -2.04. The molecule has 0 aliphatic heterocycles. The smallest absolute Gasteiger partial charge is 0.292 e. The van der Waals surface area contributed by atoms with Crippen LogP contribution >= 0.6 is 0 Å². The molecule has 110 valence electrons. The minimum absolute atomic E-state index is 0.119. The van der Waals surface area contributed by atoms with Crippen LogP contribution < -0.4 is 5.32 Å². The van der Waals surface area contributed by atoms with Gasteiger partial charge in [-0.1, -0.05) is 50.2 Å². The number of nitro benzene ring substituents is 1. The molecule has 0 aromatic heterocycles. The lowest BCUT2D eigenvalue weighted by Gasteiger charge is -2.11. The summed E-state index contributed by atoms with van der Waals surface area (Å²) in [6.45, 7) is 6.76. The Labute approximate surface area is 125 Å². The summed E-state index contributed by atoms with van der Waals surface area (Å²) < 4.78 is 0. The van der Waals surface area contributed by atoms with Gasteiger partial charge in [0, 0.05) is 12.6 Å². The SMILES string of the molecule is Cc1cccc([N+](=O)[O-])c1NCc1ccc(C(C)C)cc1. The average Bonchev–Trinajstić information content (AvgIpc) is 2.46. The number of aryl methyl sites for hydroxylation is 1. The Morgan fingerprint density at radius 1 is 1.14 bits per heavy atom. The van der Waals surface area contributed by atoms with Crippen LogP contribution in [0.15, 0.2) is 42.5 Å². The number of para-hydroxylation sites is 1. The van der Waals surface area contributed by atoms with Crippen molar-refractivity contribution in [3.8, 4) is 0 Å². The number of rotatable bonds is 5. The molecule has 0 aliphatic rings. The van der Waals surface area contributed by atoms with Gasteiger partial charge in [-0.05, 0) is 29.5 Å². The van der Waals surface area contributed by atoms with Crippen LogP contribution in [0.25, 0.3) is 0 Å². The molecule has 0 saturated carbocycles. The maximum Gasteiger partial charge on any atom is 0.292 e. The van der Waals surface area contributed by atoms with E-state index in [1.807, 2.05) is 13.0 Å². The van der Waals surface area contributed by atoms with E-state index in [0.717, 1.165) is 11.1 Å². The van der Waals surface area contributed by atoms with Gasteiger partial charge in [-0.15, -0.1) is 0 Å². The largest absolute Gasteiger partial charge is 0.375 e. The molecular weight excluding hydrogens is 264 g/mol. The van der Waals surface area contributed by atoms with Crippen LogP contribution in [0, 0.1) is 17.0 Å². The van der Waals surface area contributed by atoms with Gasteiger partial charge in [0.25, 0.3) is 5.69 Å². The molecule has 4 nitrogen and oxygen atoms in total. The molecule has 0 saturated heterocycles. The van der Waals surface area contributed by atoms with Crippen LogP contribution in [0.4, 0.5) is 11.4 Å². The first-order valence-corrected chi connectivity index (χ1v) is 7.05. The molecule has 0 spiro atoms. The van der Waals surface area contributed by atoms with E-state index in [2.05, 4.69) is 43.4 Å². The quantitative estimate of drug-likeness (QED) is 0.643. The van der Waals surface area contributed by atoms with E-state index in [0.29, 0.717) is 18.2 Å². The standard InChI is InChI=1S/C17H20N2O2/c1-12(2)15-9-7-14(8-10-15)11-18-17-13(3)5-4-6-16(17)19(20)21/h4-10,12,18H,11H2,1-3H3. The van der Waals surface area contributed by atoms with Crippen molar-refractivity contribution >= 4 is 11.4 Å². The van der Waals surface area contributed by atoms with E-state index < -0.39 is 0 Å². The predicted molar refractivity (Wildman–Crippen MR) is 85.7 cm³/mol. The highest BCUT2D eigenvalue weighted by Crippen LogP contribution is 2.28. The van der Waals surface area contributed by atoms with Crippen molar-refractivity contribution in [3.63, 3.8) is 0 Å². The summed E-state index contributed by atoms with van der Waals surface area (Å²) in [7, 11) is 0. The molecule has 0 fully saturated rings.